The van der Waals surface area contributed by atoms with Crippen LogP contribution in [-0.2, 0) is 26.5 Å². The van der Waals surface area contributed by atoms with Gasteiger partial charge in [0.25, 0.3) is 0 Å². The Hall–Kier alpha value is -2.63. The van der Waals surface area contributed by atoms with E-state index in [0.717, 1.165) is 59.4 Å². The normalized spacial score (nSPS) is 13.1. The van der Waals surface area contributed by atoms with Crippen molar-refractivity contribution in [1.82, 2.24) is 9.97 Å². The van der Waals surface area contributed by atoms with Gasteiger partial charge in [-0.1, -0.05) is 57.7 Å². The van der Waals surface area contributed by atoms with Gasteiger partial charge in [0.15, 0.2) is 0 Å². The van der Waals surface area contributed by atoms with Crippen LogP contribution < -0.4 is 4.40 Å². The molecule has 0 bridgehead atoms. The molecule has 45 heavy (non-hydrogen) atoms. The van der Waals surface area contributed by atoms with Gasteiger partial charge in [-0.3, -0.25) is 0 Å². The number of pyridine rings is 2. The molecule has 0 saturated carbocycles. The Morgan fingerprint density at radius 3 is 2.31 bits per heavy atom. The van der Waals surface area contributed by atoms with Crippen LogP contribution in [0.4, 0.5) is 0 Å². The predicted molar refractivity (Wildman–Crippen MR) is 195 cm³/mol. The summed E-state index contributed by atoms with van der Waals surface area (Å²) in [4.78, 5) is 9.17. The second kappa shape index (κ2) is 14.9. The maximum absolute atomic E-state index is 8.36. The van der Waals surface area contributed by atoms with Gasteiger partial charge in [-0.05, 0) is 57.2 Å². The molecule has 3 aromatic heterocycles. The van der Waals surface area contributed by atoms with Gasteiger partial charge in [0.1, 0.15) is 0 Å². The predicted octanol–water partition coefficient (Wildman–Crippen LogP) is 11.1. The van der Waals surface area contributed by atoms with Crippen molar-refractivity contribution in [3.8, 4) is 22.5 Å². The summed E-state index contributed by atoms with van der Waals surface area (Å²) in [5.74, 6) is 6.75. The molecule has 235 valence electrons. The molecule has 0 unspecified atom stereocenters. The summed E-state index contributed by atoms with van der Waals surface area (Å²) in [6, 6.07) is 28.9. The number of hydrogen-bond donors (Lipinski definition) is 0. The molecule has 0 N–H and O–H groups in total. The number of hydrogen-bond acceptors (Lipinski definition) is 3. The zero-order chi connectivity index (χ0) is 34.3. The Kier molecular flexibility index (Phi) is 10.2. The van der Waals surface area contributed by atoms with E-state index in [1.165, 1.54) is 9.96 Å². The smallest absolute Gasteiger partial charge is 0.0346 e. The minimum Gasteiger partial charge on any atom is -0.305 e. The molecular weight excluding hydrogens is 805 g/mol. The van der Waals surface area contributed by atoms with Crippen molar-refractivity contribution in [2.24, 2.45) is 0 Å². The van der Waals surface area contributed by atoms with Crippen molar-refractivity contribution < 1.29 is 24.2 Å². The molecule has 0 aliphatic carbocycles. The number of aryl methyl sites for hydroxylation is 2. The van der Waals surface area contributed by atoms with Crippen LogP contribution in [0.2, 0.25) is 17.3 Å². The molecule has 0 amide bonds. The van der Waals surface area contributed by atoms with E-state index in [1.807, 2.05) is 56.3 Å². The summed E-state index contributed by atoms with van der Waals surface area (Å²) < 4.78 is 28.7. The van der Waals surface area contributed by atoms with Crippen molar-refractivity contribution in [2.45, 2.75) is 77.0 Å². The molecule has 5 heteroatoms. The Bertz CT molecular complexity index is 2040. The van der Waals surface area contributed by atoms with E-state index in [2.05, 4.69) is 90.6 Å². The molecule has 0 fully saturated rings. The topological polar surface area (TPSA) is 25.8 Å². The SMILES string of the molecule is Cc1cc(-c2[c-]cccc2)nc[c]1[Ge]([CH3])([CH3])[CH3].[2H]C([2H])(C)c1cc2sc3c(-c4cc(C([2H])(C)C)ccn4)[c-]ccc3c2cc1C(C)C.[Ir]. The van der Waals surface area contributed by atoms with Crippen LogP contribution in [0.15, 0.2) is 79.1 Å². The molecule has 0 spiro atoms. The first-order chi connectivity index (χ1) is 21.9. The van der Waals surface area contributed by atoms with Crippen LogP contribution in [0.1, 0.15) is 72.8 Å². The first-order valence-electron chi connectivity index (χ1n) is 16.8. The molecule has 0 saturated heterocycles. The monoisotopic (exact) mass is 854 g/mol. The van der Waals surface area contributed by atoms with Crippen LogP contribution in [0.5, 0.6) is 0 Å². The summed E-state index contributed by atoms with van der Waals surface area (Å²) in [5.41, 5.74) is 7.97. The van der Waals surface area contributed by atoms with Gasteiger partial charge < -0.3 is 4.98 Å². The van der Waals surface area contributed by atoms with Crippen LogP contribution in [-0.4, -0.2) is 23.2 Å². The fourth-order valence-corrected chi connectivity index (χ4v) is 10.4. The van der Waals surface area contributed by atoms with Crippen LogP contribution in [0.25, 0.3) is 42.7 Å². The maximum Gasteiger partial charge on any atom is 0.0346 e. The molecule has 3 heterocycles. The zero-order valence-electron chi connectivity index (χ0n) is 30.7. The molecule has 0 aliphatic rings. The first-order valence-corrected chi connectivity index (χ1v) is 23.4. The third-order valence-corrected chi connectivity index (χ3v) is 13.7. The second-order valence-electron chi connectivity index (χ2n) is 12.9. The van der Waals surface area contributed by atoms with Gasteiger partial charge in [0.2, 0.25) is 0 Å². The molecule has 6 aromatic rings. The Labute approximate surface area is 294 Å². The molecular formula is C40H44GeIrN2S-2. The standard InChI is InChI=1S/C25H26NS.C15H18GeN.Ir/c1-6-17-13-24-22(14-21(17)16(4)5)19-8-7-9-20(25(19)27-24)23-12-18(15(2)3)10-11-26-23;1-12-10-15(13-8-6-5-7-9-13)17-11-14(12)16(2,3)4;/h7-8,10-16H,6H2,1-5H3;5-8,10-11H,1-4H3;/q2*-1;/i6D2,15D;;. The largest absolute Gasteiger partial charge is 0.305 e. The van der Waals surface area contributed by atoms with Crippen LogP contribution in [0.3, 0.4) is 0 Å². The van der Waals surface area contributed by atoms with Crippen LogP contribution >= 0.6 is 11.3 Å². The van der Waals surface area contributed by atoms with Crippen molar-refractivity contribution in [3.63, 3.8) is 0 Å². The van der Waals surface area contributed by atoms with Gasteiger partial charge >= 0.3 is 106 Å². The quantitative estimate of drug-likeness (QED) is 0.123. The molecule has 6 rings (SSSR count). The van der Waals surface area contributed by atoms with E-state index in [4.69, 9.17) is 4.11 Å². The number of thiophene rings is 1. The van der Waals surface area contributed by atoms with Crippen molar-refractivity contribution in [3.05, 3.63) is 114 Å². The third-order valence-electron chi connectivity index (χ3n) is 7.99. The minimum absolute atomic E-state index is 0. The van der Waals surface area contributed by atoms with Gasteiger partial charge in [-0.15, -0.1) is 23.8 Å². The number of benzene rings is 3. The van der Waals surface area contributed by atoms with Gasteiger partial charge in [-0.25, -0.2) is 0 Å². The average molecular weight is 853 g/mol. The van der Waals surface area contributed by atoms with E-state index in [9.17, 15) is 0 Å². The molecule has 0 aliphatic heterocycles. The van der Waals surface area contributed by atoms with E-state index in [-0.39, 0.29) is 26.0 Å². The maximum atomic E-state index is 8.36. The van der Waals surface area contributed by atoms with Crippen molar-refractivity contribution in [2.75, 3.05) is 0 Å². The van der Waals surface area contributed by atoms with Gasteiger partial charge in [0.05, 0.1) is 0 Å². The molecule has 3 aromatic carbocycles. The van der Waals surface area contributed by atoms with E-state index >= 15 is 0 Å². The number of nitrogens with zero attached hydrogens (tertiary/aromatic N) is 2. The van der Waals surface area contributed by atoms with E-state index < -0.39 is 25.5 Å². The Morgan fingerprint density at radius 2 is 1.69 bits per heavy atom. The number of aromatic nitrogens is 2. The molecule has 1 radical (unpaired) electrons. The van der Waals surface area contributed by atoms with Crippen LogP contribution in [0, 0.1) is 19.1 Å². The third kappa shape index (κ3) is 7.85. The number of fused-ring (bicyclic) bond motifs is 3. The Morgan fingerprint density at radius 1 is 0.911 bits per heavy atom. The average Bonchev–Trinajstić information content (AvgIpc) is 3.38. The summed E-state index contributed by atoms with van der Waals surface area (Å²) in [7, 11) is 0. The first kappa shape index (κ1) is 31.0. The van der Waals surface area contributed by atoms with Gasteiger partial charge in [-0.2, -0.15) is 11.3 Å². The summed E-state index contributed by atoms with van der Waals surface area (Å²) >= 11 is -0.110. The van der Waals surface area contributed by atoms with Crippen molar-refractivity contribution in [1.29, 1.82) is 0 Å². The fraction of sp³-hybridized carbons (Fsp3) is 0.300. The summed E-state index contributed by atoms with van der Waals surface area (Å²) in [6.07, 6.45) is 2.45. The fourth-order valence-electron chi connectivity index (χ4n) is 5.61. The molecule has 2 nitrogen and oxygen atoms in total. The molecule has 0 atom stereocenters. The van der Waals surface area contributed by atoms with E-state index in [1.54, 1.807) is 24.5 Å². The van der Waals surface area contributed by atoms with E-state index in [0.29, 0.717) is 0 Å². The summed E-state index contributed by atoms with van der Waals surface area (Å²) in [6.45, 7) is 11.8. The summed E-state index contributed by atoms with van der Waals surface area (Å²) in [5, 5.41) is 2.30. The van der Waals surface area contributed by atoms with Gasteiger partial charge in [0, 0.05) is 35.1 Å². The zero-order valence-corrected chi connectivity index (χ0v) is 33.0. The second-order valence-corrected chi connectivity index (χ2v) is 24.5. The van der Waals surface area contributed by atoms with Crippen molar-refractivity contribution >= 4 is 49.2 Å². The minimum atomic E-state index is -1.77. The Balaban J connectivity index is 0.000000246. The number of rotatable bonds is 6.